The van der Waals surface area contributed by atoms with E-state index >= 15 is 0 Å². The molecule has 1 aromatic heterocycles. The molecule has 0 saturated carbocycles. The summed E-state index contributed by atoms with van der Waals surface area (Å²) in [4.78, 5) is 22.7. The number of hydrogen-bond acceptors (Lipinski definition) is 3. The van der Waals surface area contributed by atoms with Crippen LogP contribution in [-0.2, 0) is 0 Å². The average molecular weight is 308 g/mol. The van der Waals surface area contributed by atoms with Crippen molar-refractivity contribution in [2.24, 2.45) is 0 Å². The quantitative estimate of drug-likeness (QED) is 0.892. The fraction of sp³-hybridized carbons (Fsp3) is 0.0833. The third kappa shape index (κ3) is 2.84. The molecule has 2 N–H and O–H groups in total. The topological polar surface area (TPSA) is 74.8 Å². The molecule has 0 fully saturated rings. The summed E-state index contributed by atoms with van der Waals surface area (Å²) in [6.07, 6.45) is 0. The Bertz CT molecular complexity index is 632. The number of nitrogens with zero attached hydrogens (tertiary/aromatic N) is 1. The Hall–Kier alpha value is -1.95. The van der Waals surface area contributed by atoms with Gasteiger partial charge in [0.05, 0.1) is 5.69 Å². The van der Waals surface area contributed by atoms with Gasteiger partial charge in [0, 0.05) is 10.5 Å². The second-order valence-corrected chi connectivity index (χ2v) is 4.60. The zero-order valence-electron chi connectivity index (χ0n) is 9.53. The van der Waals surface area contributed by atoms with Crippen LogP contribution in [0.1, 0.15) is 16.1 Å². The number of carbonyl (C=O) groups is 1. The molecule has 0 atom stereocenters. The lowest BCUT2D eigenvalue weighted by molar-refractivity contribution is 0.102. The molecular weight excluding hydrogens is 298 g/mol. The smallest absolute Gasteiger partial charge is 0.276 e. The molecule has 0 aliphatic carbocycles. The number of aromatic nitrogens is 2. The van der Waals surface area contributed by atoms with E-state index in [4.69, 9.17) is 0 Å². The van der Waals surface area contributed by atoms with Crippen LogP contribution in [0.15, 0.2) is 39.6 Å². The van der Waals surface area contributed by atoms with Crippen molar-refractivity contribution >= 4 is 27.5 Å². The van der Waals surface area contributed by atoms with Gasteiger partial charge in [-0.25, -0.2) is 5.10 Å². The number of benzene rings is 1. The summed E-state index contributed by atoms with van der Waals surface area (Å²) in [5, 5.41) is 8.57. The molecule has 1 aromatic carbocycles. The highest BCUT2D eigenvalue weighted by Gasteiger charge is 2.09. The molecule has 0 radical (unpaired) electrons. The standard InChI is InChI=1S/C12H10BrN3O2/c1-7-2-3-9(8(13)6-7)14-12(18)10-4-5-11(17)16-15-10/h2-6H,1H3,(H,14,18)(H,16,17). The molecule has 6 heteroatoms. The molecule has 2 rings (SSSR count). The molecule has 0 aliphatic rings. The van der Waals surface area contributed by atoms with Crippen LogP contribution in [0.5, 0.6) is 0 Å². The Labute approximate surface area is 111 Å². The van der Waals surface area contributed by atoms with Crippen LogP contribution in [0.25, 0.3) is 0 Å². The number of carbonyl (C=O) groups excluding carboxylic acids is 1. The number of nitrogens with one attached hydrogen (secondary N) is 2. The third-order valence-electron chi connectivity index (χ3n) is 2.28. The minimum absolute atomic E-state index is 0.155. The Morgan fingerprint density at radius 1 is 1.33 bits per heavy atom. The van der Waals surface area contributed by atoms with E-state index in [0.717, 1.165) is 10.0 Å². The summed E-state index contributed by atoms with van der Waals surface area (Å²) in [6.45, 7) is 1.96. The van der Waals surface area contributed by atoms with Gasteiger partial charge in [0.25, 0.3) is 11.5 Å². The van der Waals surface area contributed by atoms with Crippen molar-refractivity contribution in [1.29, 1.82) is 0 Å². The molecule has 0 bridgehead atoms. The predicted octanol–water partition coefficient (Wildman–Crippen LogP) is 2.09. The van der Waals surface area contributed by atoms with Crippen LogP contribution in [0.2, 0.25) is 0 Å². The van der Waals surface area contributed by atoms with Crippen molar-refractivity contribution in [3.63, 3.8) is 0 Å². The van der Waals surface area contributed by atoms with E-state index in [1.165, 1.54) is 12.1 Å². The fourth-order valence-corrected chi connectivity index (χ4v) is 1.97. The highest BCUT2D eigenvalue weighted by Crippen LogP contribution is 2.23. The number of H-pyrrole nitrogens is 1. The van der Waals surface area contributed by atoms with Gasteiger partial charge in [-0.2, -0.15) is 5.10 Å². The third-order valence-corrected chi connectivity index (χ3v) is 2.94. The molecule has 1 heterocycles. The van der Waals surface area contributed by atoms with Crippen molar-refractivity contribution in [2.45, 2.75) is 6.92 Å². The summed E-state index contributed by atoms with van der Waals surface area (Å²) in [5.74, 6) is -0.379. The van der Waals surface area contributed by atoms with Gasteiger partial charge in [-0.05, 0) is 46.6 Å². The van der Waals surface area contributed by atoms with E-state index < -0.39 is 0 Å². The molecule has 92 valence electrons. The van der Waals surface area contributed by atoms with Gasteiger partial charge in [-0.1, -0.05) is 6.07 Å². The zero-order chi connectivity index (χ0) is 13.1. The van der Waals surface area contributed by atoms with Crippen molar-refractivity contribution in [3.8, 4) is 0 Å². The second kappa shape index (κ2) is 5.14. The van der Waals surface area contributed by atoms with Crippen molar-refractivity contribution < 1.29 is 4.79 Å². The minimum atomic E-state index is -0.379. The van der Waals surface area contributed by atoms with Gasteiger partial charge in [-0.15, -0.1) is 0 Å². The first kappa shape index (κ1) is 12.5. The number of hydrogen-bond donors (Lipinski definition) is 2. The van der Waals surface area contributed by atoms with E-state index in [0.29, 0.717) is 5.69 Å². The van der Waals surface area contributed by atoms with Crippen molar-refractivity contribution in [2.75, 3.05) is 5.32 Å². The summed E-state index contributed by atoms with van der Waals surface area (Å²) in [7, 11) is 0. The molecule has 5 nitrogen and oxygen atoms in total. The lowest BCUT2D eigenvalue weighted by Gasteiger charge is -2.07. The first-order valence-electron chi connectivity index (χ1n) is 5.19. The Morgan fingerprint density at radius 2 is 2.11 bits per heavy atom. The Kier molecular flexibility index (Phi) is 3.57. The minimum Gasteiger partial charge on any atom is -0.320 e. The average Bonchev–Trinajstić information content (AvgIpc) is 2.33. The number of halogens is 1. The van der Waals surface area contributed by atoms with Gasteiger partial charge in [0.1, 0.15) is 5.69 Å². The molecule has 0 unspecified atom stereocenters. The van der Waals surface area contributed by atoms with Crippen LogP contribution >= 0.6 is 15.9 Å². The second-order valence-electron chi connectivity index (χ2n) is 3.74. The number of aromatic amines is 1. The van der Waals surface area contributed by atoms with E-state index in [9.17, 15) is 9.59 Å². The monoisotopic (exact) mass is 307 g/mol. The number of anilines is 1. The van der Waals surface area contributed by atoms with E-state index in [1.807, 2.05) is 19.1 Å². The van der Waals surface area contributed by atoms with E-state index in [2.05, 4.69) is 31.4 Å². The van der Waals surface area contributed by atoms with Crippen LogP contribution in [0.4, 0.5) is 5.69 Å². The van der Waals surface area contributed by atoms with Gasteiger partial charge < -0.3 is 5.32 Å². The summed E-state index contributed by atoms with van der Waals surface area (Å²) < 4.78 is 0.792. The van der Waals surface area contributed by atoms with E-state index in [1.54, 1.807) is 6.07 Å². The van der Waals surface area contributed by atoms with Gasteiger partial charge >= 0.3 is 0 Å². The maximum absolute atomic E-state index is 11.8. The molecular formula is C12H10BrN3O2. The molecule has 0 spiro atoms. The summed E-state index contributed by atoms with van der Waals surface area (Å²) >= 11 is 3.37. The largest absolute Gasteiger partial charge is 0.320 e. The van der Waals surface area contributed by atoms with Crippen LogP contribution in [0.3, 0.4) is 0 Å². The molecule has 2 aromatic rings. The lowest BCUT2D eigenvalue weighted by Crippen LogP contribution is -2.17. The first-order valence-corrected chi connectivity index (χ1v) is 5.99. The van der Waals surface area contributed by atoms with Crippen LogP contribution < -0.4 is 10.9 Å². The number of amides is 1. The lowest BCUT2D eigenvalue weighted by atomic mass is 10.2. The van der Waals surface area contributed by atoms with Crippen LogP contribution in [0, 0.1) is 6.92 Å². The highest BCUT2D eigenvalue weighted by molar-refractivity contribution is 9.10. The molecule has 0 saturated heterocycles. The van der Waals surface area contributed by atoms with Crippen molar-refractivity contribution in [1.82, 2.24) is 10.2 Å². The molecule has 18 heavy (non-hydrogen) atoms. The number of aryl methyl sites for hydroxylation is 1. The van der Waals surface area contributed by atoms with Gasteiger partial charge in [0.2, 0.25) is 0 Å². The van der Waals surface area contributed by atoms with Crippen molar-refractivity contribution in [3.05, 3.63) is 56.4 Å². The first-order chi connectivity index (χ1) is 8.56. The highest BCUT2D eigenvalue weighted by atomic mass is 79.9. The zero-order valence-corrected chi connectivity index (χ0v) is 11.1. The SMILES string of the molecule is Cc1ccc(NC(=O)c2ccc(=O)[nH]n2)c(Br)c1. The summed E-state index contributed by atoms with van der Waals surface area (Å²) in [5.41, 5.74) is 1.55. The molecule has 1 amide bonds. The normalized spacial score (nSPS) is 10.1. The predicted molar refractivity (Wildman–Crippen MR) is 71.7 cm³/mol. The maximum atomic E-state index is 11.8. The van der Waals surface area contributed by atoms with Gasteiger partial charge in [0.15, 0.2) is 0 Å². The Morgan fingerprint density at radius 3 is 2.72 bits per heavy atom. The Balaban J connectivity index is 2.21. The van der Waals surface area contributed by atoms with E-state index in [-0.39, 0.29) is 17.2 Å². The van der Waals surface area contributed by atoms with Gasteiger partial charge in [-0.3, -0.25) is 9.59 Å². The maximum Gasteiger partial charge on any atom is 0.276 e. The number of rotatable bonds is 2. The van der Waals surface area contributed by atoms with Crippen LogP contribution in [-0.4, -0.2) is 16.1 Å². The fourth-order valence-electron chi connectivity index (χ4n) is 1.38. The molecule has 0 aliphatic heterocycles. The summed E-state index contributed by atoms with van der Waals surface area (Å²) in [6, 6.07) is 8.21.